The van der Waals surface area contributed by atoms with Gasteiger partial charge in [-0.1, -0.05) is 18.2 Å². The van der Waals surface area contributed by atoms with Crippen LogP contribution in [0.3, 0.4) is 0 Å². The number of anilines is 2. The van der Waals surface area contributed by atoms with Gasteiger partial charge in [0, 0.05) is 30.6 Å². The summed E-state index contributed by atoms with van der Waals surface area (Å²) < 4.78 is 29.0. The van der Waals surface area contributed by atoms with Gasteiger partial charge in [0.05, 0.1) is 17.5 Å². The van der Waals surface area contributed by atoms with Gasteiger partial charge in [0.25, 0.3) is 5.56 Å². The zero-order valence-corrected chi connectivity index (χ0v) is 18.9. The van der Waals surface area contributed by atoms with Crippen LogP contribution in [0.1, 0.15) is 19.4 Å². The van der Waals surface area contributed by atoms with E-state index >= 15 is 0 Å². The third-order valence-corrected chi connectivity index (χ3v) is 6.24. The Bertz CT molecular complexity index is 1300. The summed E-state index contributed by atoms with van der Waals surface area (Å²) in [7, 11) is -3.94. The minimum atomic E-state index is -3.94. The van der Waals surface area contributed by atoms with Gasteiger partial charge in [0.1, 0.15) is 0 Å². The first-order valence-corrected chi connectivity index (χ1v) is 11.6. The molecule has 0 aliphatic heterocycles. The van der Waals surface area contributed by atoms with E-state index in [1.54, 1.807) is 47.2 Å². The molecule has 3 N–H and O–H groups in total. The second kappa shape index (κ2) is 10.2. The number of sulfonamides is 1. The smallest absolute Gasteiger partial charge is 0.250 e. The third kappa shape index (κ3) is 6.61. The second-order valence-electron chi connectivity index (χ2n) is 7.40. The zero-order valence-electron chi connectivity index (χ0n) is 18.1. The Hall–Kier alpha value is -3.76. The van der Waals surface area contributed by atoms with Crippen LogP contribution in [-0.4, -0.2) is 30.8 Å². The summed E-state index contributed by atoms with van der Waals surface area (Å²) in [5, 5.41) is 5.22. The molecule has 2 aromatic carbocycles. The van der Waals surface area contributed by atoms with Gasteiger partial charge in [-0.2, -0.15) is 4.72 Å². The molecule has 0 aliphatic carbocycles. The van der Waals surface area contributed by atoms with Crippen LogP contribution in [0.25, 0.3) is 0 Å². The van der Waals surface area contributed by atoms with Crippen molar-refractivity contribution < 1.29 is 18.0 Å². The molecule has 0 saturated carbocycles. The molecule has 2 amide bonds. The van der Waals surface area contributed by atoms with Crippen LogP contribution < -0.4 is 20.9 Å². The second-order valence-corrected chi connectivity index (χ2v) is 9.12. The lowest BCUT2D eigenvalue weighted by Gasteiger charge is -2.15. The van der Waals surface area contributed by atoms with Gasteiger partial charge < -0.3 is 15.2 Å². The van der Waals surface area contributed by atoms with Crippen molar-refractivity contribution >= 4 is 33.2 Å². The quantitative estimate of drug-likeness (QED) is 0.467. The number of hydrogen-bond acceptors (Lipinski definition) is 5. The lowest BCUT2D eigenvalue weighted by molar-refractivity contribution is -0.117. The van der Waals surface area contributed by atoms with Crippen LogP contribution in [0.5, 0.6) is 0 Å². The van der Waals surface area contributed by atoms with Crippen LogP contribution >= 0.6 is 0 Å². The Labute approximate surface area is 191 Å². The molecule has 172 valence electrons. The van der Waals surface area contributed by atoms with Gasteiger partial charge in [-0.25, -0.2) is 8.42 Å². The van der Waals surface area contributed by atoms with Crippen LogP contribution in [0.15, 0.2) is 82.6 Å². The minimum absolute atomic E-state index is 0.0308. The summed E-state index contributed by atoms with van der Waals surface area (Å²) in [4.78, 5) is 35.4. The predicted molar refractivity (Wildman–Crippen MR) is 125 cm³/mol. The molecule has 0 spiro atoms. The molecule has 33 heavy (non-hydrogen) atoms. The number of hydrogen-bond donors (Lipinski definition) is 3. The highest BCUT2D eigenvalue weighted by Gasteiger charge is 2.22. The van der Waals surface area contributed by atoms with Gasteiger partial charge in [0.15, 0.2) is 0 Å². The fraction of sp³-hybridized carbons (Fsp3) is 0.174. The van der Waals surface area contributed by atoms with Crippen molar-refractivity contribution in [1.29, 1.82) is 0 Å². The first kappa shape index (κ1) is 23.9. The molecule has 0 saturated heterocycles. The van der Waals surface area contributed by atoms with Crippen molar-refractivity contribution in [2.24, 2.45) is 0 Å². The lowest BCUT2D eigenvalue weighted by Crippen LogP contribution is -2.41. The molecule has 3 rings (SSSR count). The molecular formula is C23H24N4O5S. The number of nitrogens with zero attached hydrogens (tertiary/aromatic N) is 1. The predicted octanol–water partition coefficient (Wildman–Crippen LogP) is 2.16. The Morgan fingerprint density at radius 1 is 0.909 bits per heavy atom. The Balaban J connectivity index is 1.60. The van der Waals surface area contributed by atoms with Gasteiger partial charge in [0.2, 0.25) is 21.8 Å². The van der Waals surface area contributed by atoms with E-state index in [2.05, 4.69) is 15.4 Å². The average molecular weight is 469 g/mol. The molecule has 0 aliphatic rings. The van der Waals surface area contributed by atoms with E-state index in [1.807, 2.05) is 0 Å². The maximum absolute atomic E-state index is 12.6. The van der Waals surface area contributed by atoms with Crippen molar-refractivity contribution in [2.45, 2.75) is 31.3 Å². The first-order chi connectivity index (χ1) is 15.6. The highest BCUT2D eigenvalue weighted by atomic mass is 32.2. The maximum atomic E-state index is 12.6. The van der Waals surface area contributed by atoms with E-state index in [4.69, 9.17) is 0 Å². The van der Waals surface area contributed by atoms with Crippen molar-refractivity contribution in [1.82, 2.24) is 9.29 Å². The zero-order chi connectivity index (χ0) is 24.0. The van der Waals surface area contributed by atoms with Crippen LogP contribution in [-0.2, 0) is 26.2 Å². The number of carbonyl (C=O) groups excluding carboxylic acids is 2. The lowest BCUT2D eigenvalue weighted by atomic mass is 10.2. The first-order valence-electron chi connectivity index (χ1n) is 10.1. The van der Waals surface area contributed by atoms with Crippen LogP contribution in [0.2, 0.25) is 0 Å². The molecule has 1 aromatic heterocycles. The number of carbonyl (C=O) groups is 2. The maximum Gasteiger partial charge on any atom is 0.250 e. The Kier molecular flexibility index (Phi) is 7.41. The number of pyridine rings is 1. The molecule has 3 aromatic rings. The standard InChI is InChI=1S/C23H24N4O5S/c1-16(26-33(31,32)21-12-10-19(11-13-21)24-17(2)28)23(30)25-20-8-6-18(7-9-20)15-27-14-4-3-5-22(27)29/h3-14,16,26H,15H2,1-2H3,(H,24,28)(H,25,30)/t16-/m0/s1. The number of rotatable bonds is 8. The van der Waals surface area contributed by atoms with Gasteiger partial charge >= 0.3 is 0 Å². The largest absolute Gasteiger partial charge is 0.326 e. The number of aromatic nitrogens is 1. The molecule has 0 unspecified atom stereocenters. The Morgan fingerprint density at radius 2 is 1.52 bits per heavy atom. The summed E-state index contributed by atoms with van der Waals surface area (Å²) in [6.45, 7) is 3.18. The fourth-order valence-electron chi connectivity index (χ4n) is 3.01. The molecule has 10 heteroatoms. The molecule has 0 radical (unpaired) electrons. The summed E-state index contributed by atoms with van der Waals surface area (Å²) >= 11 is 0. The molecule has 9 nitrogen and oxygen atoms in total. The summed E-state index contributed by atoms with van der Waals surface area (Å²) in [6, 6.07) is 16.4. The van der Waals surface area contributed by atoms with E-state index in [0.29, 0.717) is 17.9 Å². The van der Waals surface area contributed by atoms with Crippen LogP contribution in [0.4, 0.5) is 11.4 Å². The van der Waals surface area contributed by atoms with E-state index in [0.717, 1.165) is 5.56 Å². The molecule has 0 fully saturated rings. The van der Waals surface area contributed by atoms with E-state index in [9.17, 15) is 22.8 Å². The highest BCUT2D eigenvalue weighted by molar-refractivity contribution is 7.89. The topological polar surface area (TPSA) is 126 Å². The van der Waals surface area contributed by atoms with Crippen molar-refractivity contribution in [2.75, 3.05) is 10.6 Å². The summed E-state index contributed by atoms with van der Waals surface area (Å²) in [6.07, 6.45) is 1.69. The average Bonchev–Trinajstić information content (AvgIpc) is 2.76. The van der Waals surface area contributed by atoms with Crippen molar-refractivity contribution in [3.8, 4) is 0 Å². The van der Waals surface area contributed by atoms with Gasteiger partial charge in [-0.15, -0.1) is 0 Å². The highest BCUT2D eigenvalue weighted by Crippen LogP contribution is 2.15. The van der Waals surface area contributed by atoms with E-state index < -0.39 is 22.0 Å². The summed E-state index contributed by atoms with van der Waals surface area (Å²) in [5.74, 6) is -0.795. The fourth-order valence-corrected chi connectivity index (χ4v) is 4.21. The normalized spacial score (nSPS) is 12.1. The van der Waals surface area contributed by atoms with Crippen molar-refractivity contribution in [3.05, 3.63) is 88.8 Å². The molecule has 0 bridgehead atoms. The minimum Gasteiger partial charge on any atom is -0.326 e. The van der Waals surface area contributed by atoms with Gasteiger partial charge in [-0.05, 0) is 55.0 Å². The monoisotopic (exact) mass is 468 g/mol. The van der Waals surface area contributed by atoms with Crippen LogP contribution in [0, 0.1) is 0 Å². The number of amides is 2. The molecule has 1 atom stereocenters. The van der Waals surface area contributed by atoms with Gasteiger partial charge in [-0.3, -0.25) is 14.4 Å². The summed E-state index contributed by atoms with van der Waals surface area (Å²) in [5.41, 5.74) is 1.72. The van der Waals surface area contributed by atoms with E-state index in [-0.39, 0.29) is 16.4 Å². The third-order valence-electron chi connectivity index (χ3n) is 4.68. The SMILES string of the molecule is CC(=O)Nc1ccc(S(=O)(=O)N[C@@H](C)C(=O)Nc2ccc(Cn3ccccc3=O)cc2)cc1. The molecular weight excluding hydrogens is 444 g/mol. The Morgan fingerprint density at radius 3 is 2.12 bits per heavy atom. The number of nitrogens with one attached hydrogen (secondary N) is 3. The van der Waals surface area contributed by atoms with Crippen molar-refractivity contribution in [3.63, 3.8) is 0 Å². The molecule has 1 heterocycles. The van der Waals surface area contributed by atoms with E-state index in [1.165, 1.54) is 44.2 Å². The number of benzene rings is 2.